The van der Waals surface area contributed by atoms with Gasteiger partial charge in [-0.2, -0.15) is 18.4 Å². The Labute approximate surface area is 109 Å². The van der Waals surface area contributed by atoms with Crippen LogP contribution in [0.1, 0.15) is 25.0 Å². The average Bonchev–Trinajstić information content (AvgIpc) is 2.27. The normalized spacial score (nSPS) is 11.8. The third kappa shape index (κ3) is 4.62. The number of benzene rings is 1. The molecule has 0 bridgehead atoms. The van der Waals surface area contributed by atoms with Gasteiger partial charge in [0.15, 0.2) is 0 Å². The lowest BCUT2D eigenvalue weighted by atomic mass is 10.1. The molecule has 1 N–H and O–H groups in total. The number of halogens is 3. The summed E-state index contributed by atoms with van der Waals surface area (Å²) in [6, 6.07) is 6.27. The molecule has 0 aromatic heterocycles. The number of nitrogens with zero attached hydrogens (tertiary/aromatic N) is 1. The highest BCUT2D eigenvalue weighted by Crippen LogP contribution is 2.29. The van der Waals surface area contributed by atoms with Crippen LogP contribution in [-0.4, -0.2) is 11.4 Å². The number of nitrogens with one attached hydrogen (secondary N) is 1. The van der Waals surface area contributed by atoms with Gasteiger partial charge in [-0.25, -0.2) is 0 Å². The van der Waals surface area contributed by atoms with E-state index in [9.17, 15) is 18.0 Å². The third-order valence-electron chi connectivity index (χ3n) is 2.38. The fourth-order valence-electron chi connectivity index (χ4n) is 1.42. The van der Waals surface area contributed by atoms with Crippen LogP contribution in [0.3, 0.4) is 0 Å². The number of amides is 1. The molecule has 0 fully saturated rings. The Balaban J connectivity index is 2.69. The summed E-state index contributed by atoms with van der Waals surface area (Å²) >= 11 is 0. The minimum Gasteiger partial charge on any atom is -0.338 e. The fourth-order valence-corrected chi connectivity index (χ4v) is 1.42. The predicted molar refractivity (Wildman–Crippen MR) is 63.0 cm³/mol. The van der Waals surface area contributed by atoms with E-state index in [1.165, 1.54) is 26.0 Å². The van der Waals surface area contributed by atoms with Crippen LogP contribution in [-0.2, 0) is 17.4 Å². The Bertz CT molecular complexity index is 498. The molecule has 0 aliphatic heterocycles. The Kier molecular flexibility index (Phi) is 4.20. The van der Waals surface area contributed by atoms with Crippen LogP contribution >= 0.6 is 0 Å². The van der Waals surface area contributed by atoms with Gasteiger partial charge in [0.25, 0.3) is 0 Å². The molecule has 3 nitrogen and oxygen atoms in total. The molecule has 0 radical (unpaired) electrons. The van der Waals surface area contributed by atoms with Crippen LogP contribution in [0.5, 0.6) is 0 Å². The molecule has 0 saturated carbocycles. The SMILES string of the molecule is CC(C)(C#N)NC(=O)Cc1ccc(C(F)(F)F)cc1. The van der Waals surface area contributed by atoms with Crippen molar-refractivity contribution in [2.75, 3.05) is 0 Å². The van der Waals surface area contributed by atoms with Gasteiger partial charge in [-0.1, -0.05) is 12.1 Å². The Morgan fingerprint density at radius 1 is 1.26 bits per heavy atom. The average molecular weight is 270 g/mol. The second-order valence-electron chi connectivity index (χ2n) is 4.66. The van der Waals surface area contributed by atoms with Crippen molar-refractivity contribution in [3.8, 4) is 6.07 Å². The molecule has 0 unspecified atom stereocenters. The van der Waals surface area contributed by atoms with Crippen LogP contribution in [0.2, 0.25) is 0 Å². The molecule has 0 atom stereocenters. The predicted octanol–water partition coefficient (Wildman–Crippen LogP) is 2.67. The van der Waals surface area contributed by atoms with Gasteiger partial charge in [0.05, 0.1) is 18.1 Å². The van der Waals surface area contributed by atoms with E-state index in [0.29, 0.717) is 5.56 Å². The van der Waals surface area contributed by atoms with Crippen molar-refractivity contribution < 1.29 is 18.0 Å². The number of hydrogen-bond donors (Lipinski definition) is 1. The molecule has 1 aromatic carbocycles. The van der Waals surface area contributed by atoms with Gasteiger partial charge in [0.1, 0.15) is 5.54 Å². The summed E-state index contributed by atoms with van der Waals surface area (Å²) in [6.45, 7) is 3.08. The number of alkyl halides is 3. The largest absolute Gasteiger partial charge is 0.416 e. The molecule has 102 valence electrons. The first-order valence-corrected chi connectivity index (χ1v) is 5.52. The number of hydrogen-bond acceptors (Lipinski definition) is 2. The maximum atomic E-state index is 12.3. The molecule has 0 heterocycles. The minimum atomic E-state index is -4.39. The zero-order chi connectivity index (χ0) is 14.7. The van der Waals surface area contributed by atoms with Crippen molar-refractivity contribution in [1.82, 2.24) is 5.32 Å². The zero-order valence-electron chi connectivity index (χ0n) is 10.5. The molecular formula is C13H13F3N2O. The molecule has 1 amide bonds. The third-order valence-corrected chi connectivity index (χ3v) is 2.38. The summed E-state index contributed by atoms with van der Waals surface area (Å²) in [6.07, 6.45) is -4.45. The van der Waals surface area contributed by atoms with E-state index in [2.05, 4.69) is 5.32 Å². The van der Waals surface area contributed by atoms with E-state index in [4.69, 9.17) is 5.26 Å². The minimum absolute atomic E-state index is 0.0662. The lowest BCUT2D eigenvalue weighted by Gasteiger charge is -2.17. The highest BCUT2D eigenvalue weighted by molar-refractivity contribution is 5.79. The lowest BCUT2D eigenvalue weighted by Crippen LogP contribution is -2.42. The number of rotatable bonds is 3. The van der Waals surface area contributed by atoms with Crippen molar-refractivity contribution in [2.24, 2.45) is 0 Å². The molecule has 0 aliphatic carbocycles. The summed E-state index contributed by atoms with van der Waals surface area (Å²) in [5.41, 5.74) is -1.29. The zero-order valence-corrected chi connectivity index (χ0v) is 10.5. The van der Waals surface area contributed by atoms with Gasteiger partial charge in [-0.05, 0) is 31.5 Å². The van der Waals surface area contributed by atoms with E-state index in [-0.39, 0.29) is 6.42 Å². The molecule has 19 heavy (non-hydrogen) atoms. The van der Waals surface area contributed by atoms with E-state index in [1.807, 2.05) is 6.07 Å². The highest BCUT2D eigenvalue weighted by atomic mass is 19.4. The first kappa shape index (κ1) is 15.0. The van der Waals surface area contributed by atoms with Crippen LogP contribution in [0, 0.1) is 11.3 Å². The van der Waals surface area contributed by atoms with Crippen molar-refractivity contribution in [2.45, 2.75) is 32.0 Å². The smallest absolute Gasteiger partial charge is 0.338 e. The van der Waals surface area contributed by atoms with Crippen LogP contribution in [0.15, 0.2) is 24.3 Å². The Morgan fingerprint density at radius 2 is 1.79 bits per heavy atom. The van der Waals surface area contributed by atoms with E-state index in [0.717, 1.165) is 12.1 Å². The van der Waals surface area contributed by atoms with Crippen molar-refractivity contribution >= 4 is 5.91 Å². The van der Waals surface area contributed by atoms with Crippen molar-refractivity contribution in [3.05, 3.63) is 35.4 Å². The van der Waals surface area contributed by atoms with Gasteiger partial charge in [-0.15, -0.1) is 0 Å². The van der Waals surface area contributed by atoms with Gasteiger partial charge >= 0.3 is 6.18 Å². The van der Waals surface area contributed by atoms with Gasteiger partial charge in [-0.3, -0.25) is 4.79 Å². The standard InChI is InChI=1S/C13H13F3N2O/c1-12(2,8-17)18-11(19)7-9-3-5-10(6-4-9)13(14,15)16/h3-6H,7H2,1-2H3,(H,18,19). The summed E-state index contributed by atoms with van der Waals surface area (Å²) in [5, 5.41) is 11.2. The molecular weight excluding hydrogens is 257 g/mol. The molecule has 6 heteroatoms. The Hall–Kier alpha value is -2.03. The summed E-state index contributed by atoms with van der Waals surface area (Å²) in [5.74, 6) is -0.411. The monoisotopic (exact) mass is 270 g/mol. The highest BCUT2D eigenvalue weighted by Gasteiger charge is 2.30. The summed E-state index contributed by atoms with van der Waals surface area (Å²) < 4.78 is 37.0. The molecule has 0 saturated heterocycles. The van der Waals surface area contributed by atoms with Crippen molar-refractivity contribution in [3.63, 3.8) is 0 Å². The Morgan fingerprint density at radius 3 is 2.21 bits per heavy atom. The topological polar surface area (TPSA) is 52.9 Å². The van der Waals surface area contributed by atoms with E-state index >= 15 is 0 Å². The fraction of sp³-hybridized carbons (Fsp3) is 0.385. The first-order valence-electron chi connectivity index (χ1n) is 5.52. The van der Waals surface area contributed by atoms with Crippen LogP contribution in [0.25, 0.3) is 0 Å². The summed E-state index contributed by atoms with van der Waals surface area (Å²) in [4.78, 5) is 11.6. The maximum absolute atomic E-state index is 12.3. The molecule has 1 rings (SSSR count). The molecule has 0 spiro atoms. The second-order valence-corrected chi connectivity index (χ2v) is 4.66. The first-order chi connectivity index (χ1) is 8.64. The van der Waals surface area contributed by atoms with E-state index < -0.39 is 23.2 Å². The van der Waals surface area contributed by atoms with Gasteiger partial charge in [0.2, 0.25) is 5.91 Å². The number of carbonyl (C=O) groups is 1. The molecule has 0 aliphatic rings. The van der Waals surface area contributed by atoms with Gasteiger partial charge < -0.3 is 5.32 Å². The number of nitriles is 1. The van der Waals surface area contributed by atoms with Crippen LogP contribution < -0.4 is 5.32 Å². The number of carbonyl (C=O) groups excluding carboxylic acids is 1. The lowest BCUT2D eigenvalue weighted by molar-refractivity contribution is -0.137. The quantitative estimate of drug-likeness (QED) is 0.918. The summed E-state index contributed by atoms with van der Waals surface area (Å²) in [7, 11) is 0. The van der Waals surface area contributed by atoms with Crippen molar-refractivity contribution in [1.29, 1.82) is 5.26 Å². The second kappa shape index (κ2) is 5.31. The van der Waals surface area contributed by atoms with Gasteiger partial charge in [0, 0.05) is 0 Å². The maximum Gasteiger partial charge on any atom is 0.416 e. The molecule has 1 aromatic rings. The van der Waals surface area contributed by atoms with E-state index in [1.54, 1.807) is 0 Å². The van der Waals surface area contributed by atoms with Crippen LogP contribution in [0.4, 0.5) is 13.2 Å².